The molecule has 0 saturated carbocycles. The fourth-order valence-electron chi connectivity index (χ4n) is 1.84. The maximum Gasteiger partial charge on any atom is 0.110 e. The highest BCUT2D eigenvalue weighted by molar-refractivity contribution is 7.09. The van der Waals surface area contributed by atoms with Crippen molar-refractivity contribution in [1.82, 2.24) is 10.3 Å². The van der Waals surface area contributed by atoms with Crippen molar-refractivity contribution in [2.24, 2.45) is 5.92 Å². The molecule has 3 heteroatoms. The molecule has 1 rings (SSSR count). The number of nitrogens with one attached hydrogen (secondary N) is 1. The zero-order chi connectivity index (χ0) is 11.4. The smallest absolute Gasteiger partial charge is 0.110 e. The molecule has 1 aromatic rings. The van der Waals surface area contributed by atoms with Crippen LogP contribution in [0.3, 0.4) is 0 Å². The molecule has 0 amide bonds. The first-order valence-electron chi connectivity index (χ1n) is 5.67. The molecule has 1 aromatic heterocycles. The predicted octanol–water partition coefficient (Wildman–Crippen LogP) is 3.54. The van der Waals surface area contributed by atoms with Crippen molar-refractivity contribution in [3.8, 4) is 0 Å². The summed E-state index contributed by atoms with van der Waals surface area (Å²) in [5, 5.41) is 6.90. The van der Waals surface area contributed by atoms with Crippen LogP contribution in [-0.2, 0) is 0 Å². The minimum absolute atomic E-state index is 0.373. The van der Waals surface area contributed by atoms with Crippen LogP contribution in [0.4, 0.5) is 0 Å². The topological polar surface area (TPSA) is 24.9 Å². The molecule has 0 spiro atoms. The van der Waals surface area contributed by atoms with Gasteiger partial charge in [-0.3, -0.25) is 0 Å². The first kappa shape index (κ1) is 12.7. The van der Waals surface area contributed by atoms with Gasteiger partial charge < -0.3 is 5.32 Å². The summed E-state index contributed by atoms with van der Waals surface area (Å²) in [6, 6.07) is 0.932. The number of thiazole rings is 1. The molecule has 1 heterocycles. The third-order valence-corrected chi connectivity index (χ3v) is 3.51. The highest BCUT2D eigenvalue weighted by Gasteiger charge is 2.12. The van der Waals surface area contributed by atoms with Crippen LogP contribution in [0, 0.1) is 12.8 Å². The Morgan fingerprint density at radius 2 is 2.00 bits per heavy atom. The number of hydrogen-bond acceptors (Lipinski definition) is 3. The van der Waals surface area contributed by atoms with E-state index in [1.54, 1.807) is 11.3 Å². The Kier molecular flexibility index (Phi) is 4.74. The lowest BCUT2D eigenvalue weighted by Crippen LogP contribution is -2.30. The van der Waals surface area contributed by atoms with E-state index in [1.807, 2.05) is 6.92 Å². The van der Waals surface area contributed by atoms with Gasteiger partial charge in [0.1, 0.15) is 5.01 Å². The summed E-state index contributed by atoms with van der Waals surface area (Å²) >= 11 is 1.74. The molecule has 0 radical (unpaired) electrons. The van der Waals surface area contributed by atoms with Crippen molar-refractivity contribution in [3.05, 3.63) is 16.1 Å². The summed E-state index contributed by atoms with van der Waals surface area (Å²) in [7, 11) is 0. The average Bonchev–Trinajstić information content (AvgIpc) is 2.49. The Labute approximate surface area is 97.1 Å². The maximum absolute atomic E-state index is 4.50. The van der Waals surface area contributed by atoms with E-state index in [1.165, 1.54) is 11.4 Å². The summed E-state index contributed by atoms with van der Waals surface area (Å²) in [6.07, 6.45) is 1.22. The molecule has 2 unspecified atom stereocenters. The van der Waals surface area contributed by atoms with E-state index < -0.39 is 0 Å². The van der Waals surface area contributed by atoms with Gasteiger partial charge >= 0.3 is 0 Å². The SMILES string of the molecule is Cc1csc(C(C)NC(C)CC(C)C)n1. The molecule has 1 N–H and O–H groups in total. The van der Waals surface area contributed by atoms with Gasteiger partial charge in [-0.05, 0) is 33.1 Å². The summed E-state index contributed by atoms with van der Waals surface area (Å²) in [5.74, 6) is 0.748. The van der Waals surface area contributed by atoms with Crippen LogP contribution < -0.4 is 5.32 Å². The van der Waals surface area contributed by atoms with E-state index in [4.69, 9.17) is 0 Å². The second kappa shape index (κ2) is 5.61. The van der Waals surface area contributed by atoms with Crippen LogP contribution in [0.2, 0.25) is 0 Å². The molecule has 0 fully saturated rings. The molecule has 0 aliphatic heterocycles. The van der Waals surface area contributed by atoms with E-state index in [0.717, 1.165) is 11.6 Å². The van der Waals surface area contributed by atoms with Gasteiger partial charge in [-0.2, -0.15) is 0 Å². The molecule has 86 valence electrons. The Morgan fingerprint density at radius 1 is 1.33 bits per heavy atom. The number of hydrogen-bond donors (Lipinski definition) is 1. The first-order valence-corrected chi connectivity index (χ1v) is 6.55. The molecular formula is C12H22N2S. The van der Waals surface area contributed by atoms with Crippen LogP contribution >= 0.6 is 11.3 Å². The van der Waals surface area contributed by atoms with Crippen molar-refractivity contribution in [2.75, 3.05) is 0 Å². The lowest BCUT2D eigenvalue weighted by Gasteiger charge is -2.19. The second-order valence-electron chi connectivity index (χ2n) is 4.75. The van der Waals surface area contributed by atoms with Crippen LogP contribution in [0.15, 0.2) is 5.38 Å². The minimum atomic E-state index is 0.373. The normalized spacial score (nSPS) is 15.6. The number of aryl methyl sites for hydroxylation is 1. The number of aromatic nitrogens is 1. The number of rotatable bonds is 5. The lowest BCUT2D eigenvalue weighted by atomic mass is 10.0. The zero-order valence-corrected chi connectivity index (χ0v) is 11.2. The molecule has 0 saturated heterocycles. The van der Waals surface area contributed by atoms with Gasteiger partial charge in [-0.15, -0.1) is 11.3 Å². The second-order valence-corrected chi connectivity index (χ2v) is 5.64. The Hall–Kier alpha value is -0.410. The van der Waals surface area contributed by atoms with Crippen molar-refractivity contribution in [1.29, 1.82) is 0 Å². The highest BCUT2D eigenvalue weighted by atomic mass is 32.1. The quantitative estimate of drug-likeness (QED) is 0.830. The molecule has 0 aliphatic rings. The molecule has 2 atom stereocenters. The van der Waals surface area contributed by atoms with Crippen LogP contribution in [-0.4, -0.2) is 11.0 Å². The summed E-state index contributed by atoms with van der Waals surface area (Å²) < 4.78 is 0. The van der Waals surface area contributed by atoms with Gasteiger partial charge in [0.2, 0.25) is 0 Å². The van der Waals surface area contributed by atoms with Gasteiger partial charge in [0.05, 0.1) is 6.04 Å². The molecular weight excluding hydrogens is 204 g/mol. The molecule has 0 bridgehead atoms. The van der Waals surface area contributed by atoms with Gasteiger partial charge in [-0.25, -0.2) is 4.98 Å². The highest BCUT2D eigenvalue weighted by Crippen LogP contribution is 2.18. The zero-order valence-electron chi connectivity index (χ0n) is 10.4. The Morgan fingerprint density at radius 3 is 2.47 bits per heavy atom. The van der Waals surface area contributed by atoms with Crippen molar-refractivity contribution in [3.63, 3.8) is 0 Å². The molecule has 2 nitrogen and oxygen atoms in total. The fourth-order valence-corrected chi connectivity index (χ4v) is 2.66. The Balaban J connectivity index is 2.45. The van der Waals surface area contributed by atoms with E-state index in [-0.39, 0.29) is 0 Å². The largest absolute Gasteiger partial charge is 0.306 e. The maximum atomic E-state index is 4.50. The van der Waals surface area contributed by atoms with E-state index >= 15 is 0 Å². The standard InChI is InChI=1S/C12H22N2S/c1-8(2)6-9(3)13-11(5)12-14-10(4)7-15-12/h7-9,11,13H,6H2,1-5H3. The minimum Gasteiger partial charge on any atom is -0.306 e. The molecule has 0 aliphatic carbocycles. The summed E-state index contributed by atoms with van der Waals surface area (Å²) in [4.78, 5) is 4.50. The van der Waals surface area contributed by atoms with Crippen molar-refractivity contribution in [2.45, 2.75) is 53.1 Å². The van der Waals surface area contributed by atoms with Gasteiger partial charge in [0.15, 0.2) is 0 Å². The van der Waals surface area contributed by atoms with E-state index in [0.29, 0.717) is 12.1 Å². The Bertz CT molecular complexity index is 294. The first-order chi connectivity index (χ1) is 6.99. The number of nitrogens with zero attached hydrogens (tertiary/aromatic N) is 1. The lowest BCUT2D eigenvalue weighted by molar-refractivity contribution is 0.406. The fraction of sp³-hybridized carbons (Fsp3) is 0.750. The van der Waals surface area contributed by atoms with Crippen LogP contribution in [0.25, 0.3) is 0 Å². The van der Waals surface area contributed by atoms with E-state index in [2.05, 4.69) is 43.4 Å². The third kappa shape index (κ3) is 4.31. The average molecular weight is 226 g/mol. The summed E-state index contributed by atoms with van der Waals surface area (Å²) in [5.41, 5.74) is 1.13. The van der Waals surface area contributed by atoms with Crippen molar-refractivity contribution >= 4 is 11.3 Å². The third-order valence-electron chi connectivity index (χ3n) is 2.37. The van der Waals surface area contributed by atoms with Gasteiger partial charge in [0.25, 0.3) is 0 Å². The monoisotopic (exact) mass is 226 g/mol. The summed E-state index contributed by atoms with van der Waals surface area (Å²) in [6.45, 7) is 11.0. The predicted molar refractivity (Wildman–Crippen MR) is 67.3 cm³/mol. The molecule has 15 heavy (non-hydrogen) atoms. The van der Waals surface area contributed by atoms with Crippen molar-refractivity contribution < 1.29 is 0 Å². The molecule has 0 aromatic carbocycles. The van der Waals surface area contributed by atoms with Crippen LogP contribution in [0.1, 0.15) is 50.9 Å². The van der Waals surface area contributed by atoms with Crippen LogP contribution in [0.5, 0.6) is 0 Å². The van der Waals surface area contributed by atoms with Gasteiger partial charge in [-0.1, -0.05) is 13.8 Å². The van der Waals surface area contributed by atoms with E-state index in [9.17, 15) is 0 Å². The van der Waals surface area contributed by atoms with Gasteiger partial charge in [0, 0.05) is 17.1 Å².